The molecule has 0 bridgehead atoms. The first-order chi connectivity index (χ1) is 11.5. The lowest BCUT2D eigenvalue weighted by atomic mass is 10.1. The molecular weight excluding hydrogens is 306 g/mol. The smallest absolute Gasteiger partial charge is 0.228 e. The third kappa shape index (κ3) is 4.18. The summed E-state index contributed by atoms with van der Waals surface area (Å²) >= 11 is 0. The zero-order chi connectivity index (χ0) is 17.1. The van der Waals surface area contributed by atoms with Crippen LogP contribution < -0.4 is 0 Å². The van der Waals surface area contributed by atoms with Crippen molar-refractivity contribution in [2.24, 2.45) is 5.92 Å². The van der Waals surface area contributed by atoms with Crippen molar-refractivity contribution in [2.45, 2.75) is 32.9 Å². The Morgan fingerprint density at radius 1 is 1.42 bits per heavy atom. The number of carbonyl (C=O) groups is 1. The number of carbonyl (C=O) groups excluding carboxylic acids is 1. The fraction of sp³-hybridized carbons (Fsp3) is 0.722. The third-order valence-corrected chi connectivity index (χ3v) is 4.97. The van der Waals surface area contributed by atoms with Gasteiger partial charge in [-0.15, -0.1) is 0 Å². The van der Waals surface area contributed by atoms with Gasteiger partial charge in [0.05, 0.1) is 25.2 Å². The van der Waals surface area contributed by atoms with Crippen molar-refractivity contribution in [1.29, 1.82) is 0 Å². The first kappa shape index (κ1) is 17.5. The van der Waals surface area contributed by atoms with Gasteiger partial charge in [0.15, 0.2) is 0 Å². The van der Waals surface area contributed by atoms with E-state index < -0.39 is 0 Å². The average molecular weight is 335 g/mol. The second kappa shape index (κ2) is 7.68. The topological polar surface area (TPSA) is 57.8 Å². The minimum absolute atomic E-state index is 0.00772. The van der Waals surface area contributed by atoms with Crippen molar-refractivity contribution in [1.82, 2.24) is 14.8 Å². The maximum absolute atomic E-state index is 13.0. The van der Waals surface area contributed by atoms with Gasteiger partial charge in [-0.1, -0.05) is 0 Å². The summed E-state index contributed by atoms with van der Waals surface area (Å²) < 4.78 is 11.3. The lowest BCUT2D eigenvalue weighted by Crippen LogP contribution is -2.48. The number of aromatic nitrogens is 1. The molecule has 2 atom stereocenters. The number of nitrogens with one attached hydrogen (secondary N) is 1. The minimum Gasteiger partial charge on any atom is -0.381 e. The van der Waals surface area contributed by atoms with Crippen molar-refractivity contribution < 1.29 is 14.3 Å². The van der Waals surface area contributed by atoms with E-state index in [1.807, 2.05) is 11.8 Å². The van der Waals surface area contributed by atoms with E-state index in [4.69, 9.17) is 9.47 Å². The molecule has 0 saturated carbocycles. The number of morpholine rings is 1. The molecule has 2 saturated heterocycles. The average Bonchev–Trinajstić information content (AvgIpc) is 3.16. The summed E-state index contributed by atoms with van der Waals surface area (Å²) in [6.45, 7) is 9.19. The number of hydrogen-bond acceptors (Lipinski definition) is 4. The Kier molecular flexibility index (Phi) is 5.58. The zero-order valence-electron chi connectivity index (χ0n) is 15.0. The summed E-state index contributed by atoms with van der Waals surface area (Å²) in [5.74, 6) is 0.189. The van der Waals surface area contributed by atoms with Gasteiger partial charge in [-0.2, -0.15) is 0 Å². The molecule has 0 radical (unpaired) electrons. The molecule has 3 rings (SSSR count). The molecule has 2 aliphatic heterocycles. The van der Waals surface area contributed by atoms with Crippen LogP contribution in [-0.2, 0) is 20.8 Å². The van der Waals surface area contributed by atoms with E-state index in [0.29, 0.717) is 26.3 Å². The fourth-order valence-corrected chi connectivity index (χ4v) is 3.59. The second-order valence-corrected chi connectivity index (χ2v) is 7.14. The van der Waals surface area contributed by atoms with Gasteiger partial charge in [0, 0.05) is 44.2 Å². The molecule has 3 heterocycles. The predicted octanol–water partition coefficient (Wildman–Crippen LogP) is 1.33. The summed E-state index contributed by atoms with van der Waals surface area (Å²) in [4.78, 5) is 20.6. The number of aromatic amines is 1. The van der Waals surface area contributed by atoms with E-state index in [1.165, 1.54) is 5.56 Å². The van der Waals surface area contributed by atoms with Gasteiger partial charge in [-0.3, -0.25) is 4.79 Å². The van der Waals surface area contributed by atoms with Gasteiger partial charge in [0.1, 0.15) is 0 Å². The highest BCUT2D eigenvalue weighted by Crippen LogP contribution is 2.20. The second-order valence-electron chi connectivity index (χ2n) is 7.14. The SMILES string of the molecule is Cc1cc(CN(C[C@H]2CN(C)CCO2)C(=O)[C@@H]2CCOC2)c(C)[nH]1. The number of likely N-dealkylation sites (N-methyl/N-ethyl adjacent to an activating group) is 1. The Hall–Kier alpha value is -1.37. The molecule has 0 unspecified atom stereocenters. The van der Waals surface area contributed by atoms with Gasteiger partial charge >= 0.3 is 0 Å². The van der Waals surface area contributed by atoms with E-state index in [9.17, 15) is 4.79 Å². The fourth-order valence-electron chi connectivity index (χ4n) is 3.59. The van der Waals surface area contributed by atoms with Crippen molar-refractivity contribution >= 4 is 5.91 Å². The molecule has 2 fully saturated rings. The summed E-state index contributed by atoms with van der Waals surface area (Å²) in [5, 5.41) is 0. The Morgan fingerprint density at radius 2 is 2.25 bits per heavy atom. The number of rotatable bonds is 5. The number of hydrogen-bond donors (Lipinski definition) is 1. The minimum atomic E-state index is -0.00772. The van der Waals surface area contributed by atoms with Crippen LogP contribution in [0.15, 0.2) is 6.07 Å². The maximum Gasteiger partial charge on any atom is 0.228 e. The number of aryl methyl sites for hydroxylation is 2. The molecule has 2 aliphatic rings. The summed E-state index contributed by atoms with van der Waals surface area (Å²) in [6.07, 6.45) is 0.904. The highest BCUT2D eigenvalue weighted by Gasteiger charge is 2.31. The standard InChI is InChI=1S/C18H29N3O3/c1-13-8-16(14(2)19-13)9-21(18(22)15-4-6-23-12-15)11-17-10-20(3)5-7-24-17/h8,15,17,19H,4-7,9-12H2,1-3H3/t15-,17-/m1/s1. The molecule has 0 spiro atoms. The number of nitrogens with zero attached hydrogens (tertiary/aromatic N) is 2. The van der Waals surface area contributed by atoms with Crippen LogP contribution in [0.1, 0.15) is 23.4 Å². The molecule has 1 N–H and O–H groups in total. The molecule has 24 heavy (non-hydrogen) atoms. The van der Waals surface area contributed by atoms with Crippen LogP contribution in [0.3, 0.4) is 0 Å². The summed E-state index contributed by atoms with van der Waals surface area (Å²) in [5.41, 5.74) is 3.45. The molecule has 6 nitrogen and oxygen atoms in total. The normalized spacial score (nSPS) is 25.1. The van der Waals surface area contributed by atoms with Gasteiger partial charge in [0.25, 0.3) is 0 Å². The largest absolute Gasteiger partial charge is 0.381 e. The van der Waals surface area contributed by atoms with E-state index in [-0.39, 0.29) is 17.9 Å². The van der Waals surface area contributed by atoms with E-state index >= 15 is 0 Å². The monoisotopic (exact) mass is 335 g/mol. The molecule has 0 aliphatic carbocycles. The Bertz CT molecular complexity index is 566. The Morgan fingerprint density at radius 3 is 2.88 bits per heavy atom. The van der Waals surface area contributed by atoms with Gasteiger partial charge in [-0.05, 0) is 38.9 Å². The maximum atomic E-state index is 13.0. The van der Waals surface area contributed by atoms with Crippen molar-refractivity contribution in [2.75, 3.05) is 46.5 Å². The van der Waals surface area contributed by atoms with Crippen molar-refractivity contribution in [3.8, 4) is 0 Å². The number of H-pyrrole nitrogens is 1. The third-order valence-electron chi connectivity index (χ3n) is 4.97. The van der Waals surface area contributed by atoms with E-state index in [2.05, 4.69) is 29.9 Å². The lowest BCUT2D eigenvalue weighted by molar-refractivity contribution is -0.139. The lowest BCUT2D eigenvalue weighted by Gasteiger charge is -2.34. The van der Waals surface area contributed by atoms with Crippen LogP contribution in [0.4, 0.5) is 0 Å². The van der Waals surface area contributed by atoms with Gasteiger partial charge < -0.3 is 24.3 Å². The summed E-state index contributed by atoms with van der Waals surface area (Å²) in [6, 6.07) is 2.13. The highest BCUT2D eigenvalue weighted by molar-refractivity contribution is 5.79. The molecule has 1 aromatic rings. The van der Waals surface area contributed by atoms with Crippen LogP contribution in [0.2, 0.25) is 0 Å². The van der Waals surface area contributed by atoms with E-state index in [1.54, 1.807) is 0 Å². The molecular formula is C18H29N3O3. The van der Waals surface area contributed by atoms with Crippen LogP contribution in [0.5, 0.6) is 0 Å². The highest BCUT2D eigenvalue weighted by atomic mass is 16.5. The first-order valence-corrected chi connectivity index (χ1v) is 8.84. The first-order valence-electron chi connectivity index (χ1n) is 8.84. The number of amides is 1. The number of ether oxygens (including phenoxy) is 2. The van der Waals surface area contributed by atoms with Crippen LogP contribution in [0, 0.1) is 19.8 Å². The molecule has 0 aromatic carbocycles. The zero-order valence-corrected chi connectivity index (χ0v) is 15.0. The molecule has 1 aromatic heterocycles. The van der Waals surface area contributed by atoms with Crippen LogP contribution >= 0.6 is 0 Å². The predicted molar refractivity (Wildman–Crippen MR) is 91.8 cm³/mol. The molecule has 6 heteroatoms. The van der Waals surface area contributed by atoms with Crippen molar-refractivity contribution in [3.05, 3.63) is 23.0 Å². The molecule has 1 amide bonds. The Labute approximate surface area is 144 Å². The van der Waals surface area contributed by atoms with E-state index in [0.717, 1.165) is 37.5 Å². The van der Waals surface area contributed by atoms with Gasteiger partial charge in [0.2, 0.25) is 5.91 Å². The van der Waals surface area contributed by atoms with Crippen molar-refractivity contribution in [3.63, 3.8) is 0 Å². The quantitative estimate of drug-likeness (QED) is 0.882. The van der Waals surface area contributed by atoms with Gasteiger partial charge in [-0.25, -0.2) is 0 Å². The molecule has 134 valence electrons. The van der Waals surface area contributed by atoms with Crippen LogP contribution in [0.25, 0.3) is 0 Å². The van der Waals surface area contributed by atoms with Crippen LogP contribution in [-0.4, -0.2) is 73.3 Å². The Balaban J connectivity index is 1.72. The summed E-state index contributed by atoms with van der Waals surface area (Å²) in [7, 11) is 2.10.